The Morgan fingerprint density at radius 1 is 1.03 bits per heavy atom. The van der Waals surface area contributed by atoms with Crippen molar-refractivity contribution in [3.8, 4) is 0 Å². The van der Waals surface area contributed by atoms with Gasteiger partial charge in [0.1, 0.15) is 24.4 Å². The molecular formula is C26H36O11. The van der Waals surface area contributed by atoms with E-state index >= 15 is 0 Å². The van der Waals surface area contributed by atoms with Crippen LogP contribution in [0.5, 0.6) is 0 Å². The fourth-order valence-electron chi connectivity index (χ4n) is 6.96. The van der Waals surface area contributed by atoms with Gasteiger partial charge in [0.2, 0.25) is 0 Å². The third kappa shape index (κ3) is 4.06. The van der Waals surface area contributed by atoms with Crippen molar-refractivity contribution in [3.05, 3.63) is 11.6 Å². The largest absolute Gasteiger partial charge is 0.462 e. The van der Waals surface area contributed by atoms with Gasteiger partial charge in [-0.05, 0) is 25.8 Å². The maximum atomic E-state index is 12.9. The third-order valence-electron chi connectivity index (χ3n) is 8.78. The summed E-state index contributed by atoms with van der Waals surface area (Å²) in [5.74, 6) is -4.10. The first-order valence-electron chi connectivity index (χ1n) is 12.6. The van der Waals surface area contributed by atoms with Gasteiger partial charge in [0, 0.05) is 44.9 Å². The first-order valence-corrected chi connectivity index (χ1v) is 12.6. The maximum absolute atomic E-state index is 12.9. The van der Waals surface area contributed by atoms with E-state index in [-0.39, 0.29) is 12.8 Å². The number of esters is 4. The predicted molar refractivity (Wildman–Crippen MR) is 125 cm³/mol. The smallest absolute Gasteiger partial charge is 0.342 e. The van der Waals surface area contributed by atoms with Gasteiger partial charge in [-0.1, -0.05) is 19.4 Å². The summed E-state index contributed by atoms with van der Waals surface area (Å²) in [6, 6.07) is 0. The van der Waals surface area contributed by atoms with Gasteiger partial charge in [-0.25, -0.2) is 4.79 Å². The normalized spacial score (nSPS) is 46.7. The molecule has 4 rings (SSSR count). The van der Waals surface area contributed by atoms with Crippen molar-refractivity contribution >= 4 is 23.9 Å². The van der Waals surface area contributed by atoms with Crippen LogP contribution in [0.25, 0.3) is 0 Å². The number of ether oxygens (including phenoxy) is 5. The van der Waals surface area contributed by atoms with Gasteiger partial charge in [0.25, 0.3) is 0 Å². The Morgan fingerprint density at radius 2 is 1.62 bits per heavy atom. The summed E-state index contributed by atoms with van der Waals surface area (Å²) in [6.45, 7) is 10.3. The van der Waals surface area contributed by atoms with E-state index in [2.05, 4.69) is 0 Å². The van der Waals surface area contributed by atoms with Crippen LogP contribution in [0, 0.1) is 17.3 Å². The number of carbonyl (C=O) groups is 4. The highest BCUT2D eigenvalue weighted by Crippen LogP contribution is 2.65. The summed E-state index contributed by atoms with van der Waals surface area (Å²) in [5.41, 5.74) is -3.66. The van der Waals surface area contributed by atoms with Crippen LogP contribution in [0.3, 0.4) is 0 Å². The van der Waals surface area contributed by atoms with Crippen molar-refractivity contribution in [3.63, 3.8) is 0 Å². The lowest BCUT2D eigenvalue weighted by molar-refractivity contribution is -0.239. The van der Waals surface area contributed by atoms with Gasteiger partial charge in [0.15, 0.2) is 17.3 Å². The molecule has 2 saturated heterocycles. The highest BCUT2D eigenvalue weighted by atomic mass is 16.7. The summed E-state index contributed by atoms with van der Waals surface area (Å²) in [5, 5.41) is 23.0. The van der Waals surface area contributed by atoms with Crippen LogP contribution >= 0.6 is 0 Å². The zero-order chi connectivity index (χ0) is 27.7. The average molecular weight is 525 g/mol. The summed E-state index contributed by atoms with van der Waals surface area (Å²) < 4.78 is 28.9. The second-order valence-corrected chi connectivity index (χ2v) is 11.2. The molecular weight excluding hydrogens is 488 g/mol. The quantitative estimate of drug-likeness (QED) is 0.234. The number of aliphatic hydroxyl groups excluding tert-OH is 2. The number of hydrogen-bond acceptors (Lipinski definition) is 11. The van der Waals surface area contributed by atoms with E-state index in [9.17, 15) is 29.4 Å². The summed E-state index contributed by atoms with van der Waals surface area (Å²) in [4.78, 5) is 49.6. The Labute approximate surface area is 215 Å². The maximum Gasteiger partial charge on any atom is 0.342 e. The van der Waals surface area contributed by atoms with Crippen LogP contribution in [0.1, 0.15) is 61.3 Å². The lowest BCUT2D eigenvalue weighted by Crippen LogP contribution is -2.67. The molecule has 206 valence electrons. The Morgan fingerprint density at radius 3 is 2.16 bits per heavy atom. The SMILES string of the molecule is CC(=O)OC1CC(C)=CC2OC(=O)C3(C)OC23C(OC(C)=O)C2C(C)C(O)CC(OC(C)=O)C2(C)C1O. The molecule has 2 heterocycles. The van der Waals surface area contributed by atoms with E-state index < -0.39 is 89.0 Å². The Kier molecular flexibility index (Phi) is 6.74. The molecule has 4 aliphatic rings. The minimum absolute atomic E-state index is 0.0107. The molecule has 1 spiro atoms. The van der Waals surface area contributed by atoms with Crippen LogP contribution in [0.15, 0.2) is 11.6 Å². The lowest BCUT2D eigenvalue weighted by atomic mass is 9.53. The molecule has 11 heteroatoms. The number of hydrogen-bond donors (Lipinski definition) is 2. The number of aliphatic hydroxyl groups is 2. The second kappa shape index (κ2) is 9.06. The molecule has 3 fully saturated rings. The molecule has 0 radical (unpaired) electrons. The molecule has 0 amide bonds. The fourth-order valence-corrected chi connectivity index (χ4v) is 6.96. The molecule has 11 atom stereocenters. The molecule has 0 aromatic carbocycles. The van der Waals surface area contributed by atoms with Gasteiger partial charge in [-0.2, -0.15) is 0 Å². The molecule has 0 aromatic rings. The Bertz CT molecular complexity index is 1040. The lowest BCUT2D eigenvalue weighted by Gasteiger charge is -2.56. The molecule has 37 heavy (non-hydrogen) atoms. The summed E-state index contributed by atoms with van der Waals surface area (Å²) in [6.07, 6.45) is -4.97. The molecule has 11 nitrogen and oxygen atoms in total. The van der Waals surface area contributed by atoms with Crippen LogP contribution in [0.4, 0.5) is 0 Å². The van der Waals surface area contributed by atoms with Crippen molar-refractivity contribution in [2.24, 2.45) is 17.3 Å². The van der Waals surface area contributed by atoms with E-state index in [1.54, 1.807) is 33.8 Å². The molecule has 2 N–H and O–H groups in total. The van der Waals surface area contributed by atoms with Crippen molar-refractivity contribution in [2.75, 3.05) is 0 Å². The standard InChI is InChI=1S/C26H36O11/c1-11-8-17(33-13(3)27)21(31)24(6)18(34-14(4)28)10-16(30)12(2)20(24)22(35-15(5)29)26-19(9-11)36-23(32)25(26,7)37-26/h9,12,16-22,30-31H,8,10H2,1-7H3. The second-order valence-electron chi connectivity index (χ2n) is 11.2. The molecule has 2 aliphatic carbocycles. The van der Waals surface area contributed by atoms with Crippen molar-refractivity contribution < 1.29 is 53.1 Å². The van der Waals surface area contributed by atoms with Crippen LogP contribution in [-0.4, -0.2) is 81.9 Å². The number of rotatable bonds is 3. The van der Waals surface area contributed by atoms with E-state index in [1.165, 1.54) is 20.8 Å². The highest BCUT2D eigenvalue weighted by molar-refractivity contribution is 5.89. The van der Waals surface area contributed by atoms with Gasteiger partial charge in [-0.3, -0.25) is 14.4 Å². The zero-order valence-electron chi connectivity index (χ0n) is 22.2. The Hall–Kier alpha value is -2.50. The van der Waals surface area contributed by atoms with Gasteiger partial charge in [-0.15, -0.1) is 0 Å². The molecule has 2 aliphatic heterocycles. The van der Waals surface area contributed by atoms with Crippen LogP contribution in [-0.2, 0) is 42.9 Å². The summed E-state index contributed by atoms with van der Waals surface area (Å²) >= 11 is 0. The van der Waals surface area contributed by atoms with E-state index in [4.69, 9.17) is 23.7 Å². The van der Waals surface area contributed by atoms with E-state index in [0.717, 1.165) is 0 Å². The molecule has 11 unspecified atom stereocenters. The van der Waals surface area contributed by atoms with Gasteiger partial charge >= 0.3 is 23.9 Å². The Balaban J connectivity index is 2.00. The van der Waals surface area contributed by atoms with Crippen molar-refractivity contribution in [2.45, 2.75) is 109 Å². The first kappa shape index (κ1) is 27.5. The average Bonchev–Trinajstić information content (AvgIpc) is 3.36. The summed E-state index contributed by atoms with van der Waals surface area (Å²) in [7, 11) is 0. The first-order chi connectivity index (χ1) is 17.1. The minimum Gasteiger partial charge on any atom is -0.462 e. The molecule has 1 saturated carbocycles. The van der Waals surface area contributed by atoms with Crippen LogP contribution in [0.2, 0.25) is 0 Å². The van der Waals surface area contributed by atoms with E-state index in [0.29, 0.717) is 5.57 Å². The topological polar surface area (TPSA) is 158 Å². The van der Waals surface area contributed by atoms with Crippen LogP contribution < -0.4 is 0 Å². The van der Waals surface area contributed by atoms with E-state index in [1.807, 2.05) is 0 Å². The zero-order valence-corrected chi connectivity index (χ0v) is 22.2. The fraction of sp³-hybridized carbons (Fsp3) is 0.769. The van der Waals surface area contributed by atoms with Gasteiger partial charge < -0.3 is 33.9 Å². The number of carbonyl (C=O) groups excluding carboxylic acids is 4. The van der Waals surface area contributed by atoms with Crippen molar-refractivity contribution in [1.82, 2.24) is 0 Å². The minimum atomic E-state index is -1.44. The third-order valence-corrected chi connectivity index (χ3v) is 8.78. The monoisotopic (exact) mass is 524 g/mol. The number of fused-ring (bicyclic) bond motifs is 1. The molecule has 0 bridgehead atoms. The van der Waals surface area contributed by atoms with Crippen molar-refractivity contribution in [1.29, 1.82) is 0 Å². The highest BCUT2D eigenvalue weighted by Gasteiger charge is 2.87. The van der Waals surface area contributed by atoms with Gasteiger partial charge in [0.05, 0.1) is 6.10 Å². The predicted octanol–water partition coefficient (Wildman–Crippen LogP) is 0.969. The molecule has 0 aromatic heterocycles. The number of epoxide rings is 1.